The van der Waals surface area contributed by atoms with Crippen molar-refractivity contribution in [1.82, 2.24) is 0 Å². The van der Waals surface area contributed by atoms with Gasteiger partial charge in [0.2, 0.25) is 0 Å². The van der Waals surface area contributed by atoms with Crippen LogP contribution in [0.2, 0.25) is 0 Å². The van der Waals surface area contributed by atoms with E-state index in [1.54, 1.807) is 17.4 Å². The summed E-state index contributed by atoms with van der Waals surface area (Å²) in [6, 6.07) is 6.34. The van der Waals surface area contributed by atoms with E-state index in [1.165, 1.54) is 29.0 Å². The standard InChI is InChI=1S/C14H11FINOS/c15-9-4-5-11(10(16)7-9)17-14(18)13-6-8-2-1-3-12(8)19-13/h4-7H,1-3H2,(H,17,18). The molecule has 1 amide bonds. The third kappa shape index (κ3) is 2.67. The number of benzene rings is 1. The zero-order valence-corrected chi connectivity index (χ0v) is 13.0. The molecule has 0 unspecified atom stereocenters. The lowest BCUT2D eigenvalue weighted by atomic mass is 10.2. The molecule has 19 heavy (non-hydrogen) atoms. The molecule has 1 aromatic heterocycles. The highest BCUT2D eigenvalue weighted by Gasteiger charge is 2.18. The zero-order chi connectivity index (χ0) is 13.4. The second-order valence-electron chi connectivity index (χ2n) is 4.49. The molecule has 0 aliphatic heterocycles. The molecule has 1 aromatic carbocycles. The number of halogens is 2. The summed E-state index contributed by atoms with van der Waals surface area (Å²) in [6.07, 6.45) is 3.35. The second kappa shape index (κ2) is 5.20. The normalized spacial score (nSPS) is 13.4. The van der Waals surface area contributed by atoms with E-state index in [4.69, 9.17) is 0 Å². The van der Waals surface area contributed by atoms with Crippen molar-refractivity contribution in [2.24, 2.45) is 0 Å². The number of aryl methyl sites for hydroxylation is 2. The van der Waals surface area contributed by atoms with Crippen molar-refractivity contribution in [1.29, 1.82) is 0 Å². The minimum Gasteiger partial charge on any atom is -0.320 e. The van der Waals surface area contributed by atoms with Crippen molar-refractivity contribution >= 4 is 45.5 Å². The van der Waals surface area contributed by atoms with E-state index in [1.807, 2.05) is 28.7 Å². The number of hydrogen-bond donors (Lipinski definition) is 1. The van der Waals surface area contributed by atoms with E-state index in [0.717, 1.165) is 17.7 Å². The van der Waals surface area contributed by atoms with Gasteiger partial charge in [-0.05, 0) is 71.7 Å². The maximum atomic E-state index is 13.0. The molecule has 0 bridgehead atoms. The fourth-order valence-electron chi connectivity index (χ4n) is 2.22. The van der Waals surface area contributed by atoms with Crippen LogP contribution >= 0.6 is 33.9 Å². The zero-order valence-electron chi connectivity index (χ0n) is 10.0. The van der Waals surface area contributed by atoms with E-state index in [9.17, 15) is 9.18 Å². The first-order valence-corrected chi connectivity index (χ1v) is 7.91. The molecule has 0 radical (unpaired) electrons. The van der Waals surface area contributed by atoms with Crippen LogP contribution in [0.25, 0.3) is 0 Å². The minimum atomic E-state index is -0.294. The molecule has 98 valence electrons. The van der Waals surface area contributed by atoms with Crippen LogP contribution in [0.3, 0.4) is 0 Å². The molecule has 0 atom stereocenters. The number of rotatable bonds is 2. The van der Waals surface area contributed by atoms with Crippen LogP contribution in [-0.4, -0.2) is 5.91 Å². The summed E-state index contributed by atoms with van der Waals surface area (Å²) < 4.78 is 13.7. The van der Waals surface area contributed by atoms with Gasteiger partial charge in [-0.25, -0.2) is 4.39 Å². The molecular formula is C14H11FINOS. The average molecular weight is 387 g/mol. The number of carbonyl (C=O) groups is 1. The second-order valence-corrected chi connectivity index (χ2v) is 6.79. The first-order chi connectivity index (χ1) is 9.13. The highest BCUT2D eigenvalue weighted by molar-refractivity contribution is 14.1. The van der Waals surface area contributed by atoms with Gasteiger partial charge in [0, 0.05) is 8.45 Å². The number of carbonyl (C=O) groups excluding carboxylic acids is 1. The lowest BCUT2D eigenvalue weighted by Crippen LogP contribution is -2.11. The Morgan fingerprint density at radius 1 is 1.32 bits per heavy atom. The summed E-state index contributed by atoms with van der Waals surface area (Å²) in [5.74, 6) is -0.401. The highest BCUT2D eigenvalue weighted by atomic mass is 127. The molecule has 0 saturated carbocycles. The third-order valence-electron chi connectivity index (χ3n) is 3.15. The molecule has 0 fully saturated rings. The lowest BCUT2D eigenvalue weighted by Gasteiger charge is -2.06. The van der Waals surface area contributed by atoms with Crippen LogP contribution in [0.4, 0.5) is 10.1 Å². The number of hydrogen-bond acceptors (Lipinski definition) is 2. The summed E-state index contributed by atoms with van der Waals surface area (Å²) in [5.41, 5.74) is 1.96. The van der Waals surface area contributed by atoms with E-state index in [2.05, 4.69) is 5.32 Å². The predicted molar refractivity (Wildman–Crippen MR) is 83.4 cm³/mol. The van der Waals surface area contributed by atoms with Crippen LogP contribution in [0.1, 0.15) is 26.5 Å². The number of fused-ring (bicyclic) bond motifs is 1. The predicted octanol–water partition coefficient (Wildman–Crippen LogP) is 4.23. The van der Waals surface area contributed by atoms with E-state index >= 15 is 0 Å². The summed E-state index contributed by atoms with van der Waals surface area (Å²) in [6.45, 7) is 0. The fraction of sp³-hybridized carbons (Fsp3) is 0.214. The first-order valence-electron chi connectivity index (χ1n) is 6.01. The lowest BCUT2D eigenvalue weighted by molar-refractivity contribution is 0.103. The van der Waals surface area contributed by atoms with Crippen LogP contribution in [0.5, 0.6) is 0 Å². The van der Waals surface area contributed by atoms with Crippen LogP contribution < -0.4 is 5.32 Å². The molecule has 1 aliphatic rings. The SMILES string of the molecule is O=C(Nc1ccc(F)cc1I)c1cc2c(s1)CCC2. The van der Waals surface area contributed by atoms with Crippen LogP contribution in [0, 0.1) is 9.39 Å². The quantitative estimate of drug-likeness (QED) is 0.768. The molecular weight excluding hydrogens is 376 g/mol. The van der Waals surface area contributed by atoms with Crippen molar-refractivity contribution in [3.05, 3.63) is 49.0 Å². The average Bonchev–Trinajstić information content (AvgIpc) is 2.93. The molecule has 1 aliphatic carbocycles. The van der Waals surface area contributed by atoms with Crippen molar-refractivity contribution < 1.29 is 9.18 Å². The summed E-state index contributed by atoms with van der Waals surface area (Å²) >= 11 is 3.59. The Kier molecular flexibility index (Phi) is 3.58. The van der Waals surface area contributed by atoms with Gasteiger partial charge in [-0.1, -0.05) is 0 Å². The molecule has 0 spiro atoms. The van der Waals surface area contributed by atoms with Gasteiger partial charge in [-0.3, -0.25) is 4.79 Å². The van der Waals surface area contributed by atoms with Crippen LogP contribution in [-0.2, 0) is 12.8 Å². The number of thiophene rings is 1. The van der Waals surface area contributed by atoms with Gasteiger partial charge in [-0.2, -0.15) is 0 Å². The largest absolute Gasteiger partial charge is 0.320 e. The third-order valence-corrected chi connectivity index (χ3v) is 5.28. The van der Waals surface area contributed by atoms with Crippen molar-refractivity contribution in [2.75, 3.05) is 5.32 Å². The molecule has 1 heterocycles. The maximum absolute atomic E-state index is 13.0. The minimum absolute atomic E-state index is 0.107. The van der Waals surface area contributed by atoms with Gasteiger partial charge in [0.15, 0.2) is 0 Å². The Labute approximate surface area is 128 Å². The molecule has 3 rings (SSSR count). The van der Waals surface area contributed by atoms with Gasteiger partial charge in [-0.15, -0.1) is 11.3 Å². The van der Waals surface area contributed by atoms with Crippen molar-refractivity contribution in [3.63, 3.8) is 0 Å². The number of nitrogens with one attached hydrogen (secondary N) is 1. The Balaban J connectivity index is 1.80. The van der Waals surface area contributed by atoms with Crippen LogP contribution in [0.15, 0.2) is 24.3 Å². The highest BCUT2D eigenvalue weighted by Crippen LogP contribution is 2.31. The van der Waals surface area contributed by atoms with E-state index in [0.29, 0.717) is 9.26 Å². The van der Waals surface area contributed by atoms with Gasteiger partial charge in [0.25, 0.3) is 5.91 Å². The Bertz CT molecular complexity index is 631. The smallest absolute Gasteiger partial charge is 0.265 e. The Hall–Kier alpha value is -0.950. The molecule has 5 heteroatoms. The van der Waals surface area contributed by atoms with Crippen molar-refractivity contribution in [2.45, 2.75) is 19.3 Å². The summed E-state index contributed by atoms with van der Waals surface area (Å²) in [5, 5.41) is 2.84. The van der Waals surface area contributed by atoms with Gasteiger partial charge >= 0.3 is 0 Å². The Morgan fingerprint density at radius 2 is 2.16 bits per heavy atom. The Morgan fingerprint density at radius 3 is 2.89 bits per heavy atom. The topological polar surface area (TPSA) is 29.1 Å². The van der Waals surface area contributed by atoms with Crippen molar-refractivity contribution in [3.8, 4) is 0 Å². The molecule has 0 saturated heterocycles. The maximum Gasteiger partial charge on any atom is 0.265 e. The van der Waals surface area contributed by atoms with E-state index in [-0.39, 0.29) is 11.7 Å². The monoisotopic (exact) mass is 387 g/mol. The van der Waals surface area contributed by atoms with E-state index < -0.39 is 0 Å². The van der Waals surface area contributed by atoms with Gasteiger partial charge in [0.05, 0.1) is 10.6 Å². The molecule has 1 N–H and O–H groups in total. The summed E-state index contributed by atoms with van der Waals surface area (Å²) in [7, 11) is 0. The first kappa shape index (κ1) is 13.1. The number of anilines is 1. The molecule has 2 nitrogen and oxygen atoms in total. The fourth-order valence-corrected chi connectivity index (χ4v) is 3.98. The summed E-state index contributed by atoms with van der Waals surface area (Å²) in [4.78, 5) is 14.2. The van der Waals surface area contributed by atoms with Gasteiger partial charge in [0.1, 0.15) is 5.82 Å². The van der Waals surface area contributed by atoms with Gasteiger partial charge < -0.3 is 5.32 Å². The molecule has 2 aromatic rings. The number of amides is 1.